The first-order valence-electron chi connectivity index (χ1n) is 7.10. The van der Waals surface area contributed by atoms with E-state index in [-0.39, 0.29) is 6.61 Å². The number of fused-ring (bicyclic) bond motifs is 1. The highest BCUT2D eigenvalue weighted by atomic mass is 79.9. The van der Waals surface area contributed by atoms with Crippen molar-refractivity contribution in [3.05, 3.63) is 22.2 Å². The van der Waals surface area contributed by atoms with Crippen molar-refractivity contribution in [1.29, 1.82) is 0 Å². The lowest BCUT2D eigenvalue weighted by Gasteiger charge is -2.33. The summed E-state index contributed by atoms with van der Waals surface area (Å²) in [6.07, 6.45) is 1.90. The maximum atomic E-state index is 11.7. The van der Waals surface area contributed by atoms with Gasteiger partial charge in [-0.15, -0.1) is 0 Å². The Balaban J connectivity index is 2.45. The fourth-order valence-electron chi connectivity index (χ4n) is 2.71. The van der Waals surface area contributed by atoms with Crippen molar-refractivity contribution in [2.75, 3.05) is 23.4 Å². The lowest BCUT2D eigenvalue weighted by molar-refractivity contribution is -0.112. The number of aliphatic hydroxyl groups is 1. The average Bonchev–Trinajstić information content (AvgIpc) is 2.74. The summed E-state index contributed by atoms with van der Waals surface area (Å²) in [6, 6.07) is 3.77. The fraction of sp³-hybridized carbons (Fsp3) is 0.467. The predicted octanol–water partition coefficient (Wildman–Crippen LogP) is 2.57. The standard InChI is InChI=1S/C15H19BrN2O3/c1-3-9(4-2)18(5-6-19)13-8-12-10(7-11(13)16)14(20)15(21)17-12/h7-9,19H,3-6H2,1-2H3,(H,17,20,21). The Morgan fingerprint density at radius 3 is 2.52 bits per heavy atom. The summed E-state index contributed by atoms with van der Waals surface area (Å²) in [6.45, 7) is 4.76. The molecule has 1 aliphatic heterocycles. The van der Waals surface area contributed by atoms with Crippen LogP contribution in [0.5, 0.6) is 0 Å². The maximum Gasteiger partial charge on any atom is 0.296 e. The van der Waals surface area contributed by atoms with Gasteiger partial charge >= 0.3 is 0 Å². The highest BCUT2D eigenvalue weighted by molar-refractivity contribution is 9.10. The molecule has 0 radical (unpaired) electrons. The third-order valence-electron chi connectivity index (χ3n) is 3.82. The van der Waals surface area contributed by atoms with Crippen LogP contribution in [-0.2, 0) is 4.79 Å². The number of rotatable bonds is 6. The quantitative estimate of drug-likeness (QED) is 0.770. The number of benzene rings is 1. The first-order chi connectivity index (χ1) is 10.0. The minimum Gasteiger partial charge on any atom is -0.395 e. The number of hydrogen-bond acceptors (Lipinski definition) is 4. The number of carbonyl (C=O) groups is 2. The van der Waals surface area contributed by atoms with Crippen LogP contribution in [0.2, 0.25) is 0 Å². The van der Waals surface area contributed by atoms with E-state index in [1.807, 2.05) is 0 Å². The largest absolute Gasteiger partial charge is 0.395 e. The Bertz CT molecular complexity index is 570. The zero-order chi connectivity index (χ0) is 15.6. The third kappa shape index (κ3) is 2.96. The number of amides is 1. The van der Waals surface area contributed by atoms with Crippen molar-refractivity contribution >= 4 is 39.0 Å². The third-order valence-corrected chi connectivity index (χ3v) is 4.45. The lowest BCUT2D eigenvalue weighted by Crippen LogP contribution is -2.37. The molecule has 2 N–H and O–H groups in total. The molecule has 1 aliphatic rings. The molecule has 21 heavy (non-hydrogen) atoms. The summed E-state index contributed by atoms with van der Waals surface area (Å²) in [4.78, 5) is 25.3. The monoisotopic (exact) mass is 354 g/mol. The summed E-state index contributed by atoms with van der Waals surface area (Å²) in [7, 11) is 0. The average molecular weight is 355 g/mol. The minimum atomic E-state index is -0.592. The molecule has 0 saturated heterocycles. The van der Waals surface area contributed by atoms with Gasteiger partial charge in [0.05, 0.1) is 23.5 Å². The Morgan fingerprint density at radius 1 is 1.29 bits per heavy atom. The molecule has 1 aromatic rings. The van der Waals surface area contributed by atoms with Crippen molar-refractivity contribution in [3.63, 3.8) is 0 Å². The molecule has 0 unspecified atom stereocenters. The van der Waals surface area contributed by atoms with E-state index < -0.39 is 11.7 Å². The van der Waals surface area contributed by atoms with Crippen LogP contribution in [0.25, 0.3) is 0 Å². The molecule has 5 nitrogen and oxygen atoms in total. The van der Waals surface area contributed by atoms with E-state index in [9.17, 15) is 14.7 Å². The lowest BCUT2D eigenvalue weighted by atomic mass is 10.1. The van der Waals surface area contributed by atoms with E-state index in [0.29, 0.717) is 23.8 Å². The van der Waals surface area contributed by atoms with Gasteiger partial charge in [-0.05, 0) is 40.9 Å². The number of aliphatic hydroxyl groups excluding tert-OH is 1. The molecule has 0 fully saturated rings. The summed E-state index contributed by atoms with van der Waals surface area (Å²) in [5.41, 5.74) is 1.81. The topological polar surface area (TPSA) is 69.6 Å². The molecule has 1 amide bonds. The van der Waals surface area contributed by atoms with Gasteiger partial charge in [-0.1, -0.05) is 13.8 Å². The normalized spacial score (nSPS) is 13.6. The summed E-state index contributed by atoms with van der Waals surface area (Å²) < 4.78 is 0.756. The number of hydrogen-bond donors (Lipinski definition) is 2. The van der Waals surface area contributed by atoms with Crippen LogP contribution >= 0.6 is 15.9 Å². The first kappa shape index (κ1) is 16.0. The molecule has 2 rings (SSSR count). The summed E-state index contributed by atoms with van der Waals surface area (Å²) >= 11 is 3.48. The van der Waals surface area contributed by atoms with Gasteiger partial charge in [-0.2, -0.15) is 0 Å². The molecule has 0 aromatic heterocycles. The maximum absolute atomic E-state index is 11.7. The number of nitrogens with zero attached hydrogens (tertiary/aromatic N) is 1. The Morgan fingerprint density at radius 2 is 1.95 bits per heavy atom. The second-order valence-electron chi connectivity index (χ2n) is 5.02. The molecule has 6 heteroatoms. The zero-order valence-electron chi connectivity index (χ0n) is 12.1. The fourth-order valence-corrected chi connectivity index (χ4v) is 3.28. The first-order valence-corrected chi connectivity index (χ1v) is 7.89. The van der Waals surface area contributed by atoms with Gasteiger partial charge in [0.1, 0.15) is 0 Å². The van der Waals surface area contributed by atoms with Gasteiger partial charge < -0.3 is 15.3 Å². The van der Waals surface area contributed by atoms with Crippen LogP contribution in [0.3, 0.4) is 0 Å². The molecule has 1 aromatic carbocycles. The molecule has 114 valence electrons. The molecule has 1 heterocycles. The van der Waals surface area contributed by atoms with Crippen LogP contribution in [0.4, 0.5) is 11.4 Å². The molecule has 0 atom stereocenters. The van der Waals surface area contributed by atoms with Crippen molar-refractivity contribution in [3.8, 4) is 0 Å². The second kappa shape index (κ2) is 6.58. The van der Waals surface area contributed by atoms with Gasteiger partial charge in [0.25, 0.3) is 11.7 Å². The Kier molecular flexibility index (Phi) is 5.00. The van der Waals surface area contributed by atoms with Crippen molar-refractivity contribution in [2.45, 2.75) is 32.7 Å². The number of nitrogens with one attached hydrogen (secondary N) is 1. The Labute approximate surface area is 132 Å². The van der Waals surface area contributed by atoms with Crippen LogP contribution in [0.1, 0.15) is 37.0 Å². The van der Waals surface area contributed by atoms with E-state index in [1.54, 1.807) is 12.1 Å². The molecule has 0 saturated carbocycles. The molecule has 0 bridgehead atoms. The van der Waals surface area contributed by atoms with Gasteiger partial charge in [-0.25, -0.2) is 0 Å². The summed E-state index contributed by atoms with van der Waals surface area (Å²) in [5, 5.41) is 11.9. The van der Waals surface area contributed by atoms with Crippen LogP contribution in [0.15, 0.2) is 16.6 Å². The predicted molar refractivity (Wildman–Crippen MR) is 85.9 cm³/mol. The van der Waals surface area contributed by atoms with Crippen molar-refractivity contribution < 1.29 is 14.7 Å². The molecule has 0 spiro atoms. The number of ketones is 1. The SMILES string of the molecule is CCC(CC)N(CCO)c1cc2c(cc1Br)C(=O)C(=O)N2. The number of Topliss-reactive ketones (excluding diaryl/α,β-unsaturated/α-hetero) is 1. The number of anilines is 2. The number of carbonyl (C=O) groups excluding carboxylic acids is 2. The molecule has 0 aliphatic carbocycles. The molecular weight excluding hydrogens is 336 g/mol. The van der Waals surface area contributed by atoms with Gasteiger partial charge in [0.2, 0.25) is 0 Å². The van der Waals surface area contributed by atoms with Crippen LogP contribution in [-0.4, -0.2) is 36.0 Å². The highest BCUT2D eigenvalue weighted by Crippen LogP contribution is 2.36. The number of halogens is 1. The van der Waals surface area contributed by atoms with E-state index in [0.717, 1.165) is 23.0 Å². The van der Waals surface area contributed by atoms with E-state index in [1.165, 1.54) is 0 Å². The van der Waals surface area contributed by atoms with Crippen molar-refractivity contribution in [2.24, 2.45) is 0 Å². The Hall–Kier alpha value is -1.40. The van der Waals surface area contributed by atoms with Gasteiger partial charge in [0, 0.05) is 17.1 Å². The minimum absolute atomic E-state index is 0.0469. The smallest absolute Gasteiger partial charge is 0.296 e. The zero-order valence-corrected chi connectivity index (χ0v) is 13.7. The second-order valence-corrected chi connectivity index (χ2v) is 5.87. The van der Waals surface area contributed by atoms with Gasteiger partial charge in [-0.3, -0.25) is 9.59 Å². The van der Waals surface area contributed by atoms with E-state index in [4.69, 9.17) is 0 Å². The molecular formula is C15H19BrN2O3. The van der Waals surface area contributed by atoms with E-state index >= 15 is 0 Å². The van der Waals surface area contributed by atoms with E-state index in [2.05, 4.69) is 40.0 Å². The van der Waals surface area contributed by atoms with Crippen molar-refractivity contribution in [1.82, 2.24) is 0 Å². The van der Waals surface area contributed by atoms with Crippen LogP contribution < -0.4 is 10.2 Å². The van der Waals surface area contributed by atoms with Gasteiger partial charge in [0.15, 0.2) is 0 Å². The summed E-state index contributed by atoms with van der Waals surface area (Å²) in [5.74, 6) is -1.10. The highest BCUT2D eigenvalue weighted by Gasteiger charge is 2.30. The van der Waals surface area contributed by atoms with Crippen LogP contribution in [0, 0.1) is 0 Å².